The average molecular weight is 258 g/mol. The van der Waals surface area contributed by atoms with Gasteiger partial charge < -0.3 is 10.5 Å². The highest BCUT2D eigenvalue weighted by Crippen LogP contribution is 2.21. The maximum Gasteiger partial charge on any atom is 0.126 e. The van der Waals surface area contributed by atoms with Crippen LogP contribution in [0.15, 0.2) is 18.2 Å². The van der Waals surface area contributed by atoms with Crippen molar-refractivity contribution in [3.8, 4) is 0 Å². The predicted molar refractivity (Wildman–Crippen MR) is 66.6 cm³/mol. The molecule has 1 aliphatic rings. The van der Waals surface area contributed by atoms with Gasteiger partial charge in [-0.2, -0.15) is 0 Å². The van der Waals surface area contributed by atoms with Crippen molar-refractivity contribution in [2.45, 2.75) is 25.3 Å². The molecule has 0 saturated carbocycles. The van der Waals surface area contributed by atoms with Gasteiger partial charge in [0.25, 0.3) is 0 Å². The van der Waals surface area contributed by atoms with Gasteiger partial charge in [0.05, 0.1) is 0 Å². The summed E-state index contributed by atoms with van der Waals surface area (Å²) in [4.78, 5) is 0. The molecule has 1 aromatic rings. The van der Waals surface area contributed by atoms with Crippen LogP contribution >= 0.6 is 11.6 Å². The minimum atomic E-state index is -0.229. The molecule has 2 rings (SSSR count). The number of nitrogens with two attached hydrogens (primary N) is 1. The van der Waals surface area contributed by atoms with Crippen LogP contribution in [0.25, 0.3) is 0 Å². The van der Waals surface area contributed by atoms with E-state index in [9.17, 15) is 4.39 Å². The van der Waals surface area contributed by atoms with E-state index in [1.54, 1.807) is 12.1 Å². The zero-order chi connectivity index (χ0) is 12.3. The monoisotopic (exact) mass is 257 g/mol. The molecule has 4 heteroatoms. The molecule has 1 saturated heterocycles. The van der Waals surface area contributed by atoms with Gasteiger partial charge in [-0.15, -0.1) is 0 Å². The summed E-state index contributed by atoms with van der Waals surface area (Å²) in [6, 6.07) is 4.57. The third-order valence-corrected chi connectivity index (χ3v) is 3.39. The molecule has 2 unspecified atom stereocenters. The highest BCUT2D eigenvalue weighted by atomic mass is 35.5. The maximum absolute atomic E-state index is 13.5. The highest BCUT2D eigenvalue weighted by Gasteiger charge is 2.19. The van der Waals surface area contributed by atoms with Crippen molar-refractivity contribution in [1.82, 2.24) is 0 Å². The fourth-order valence-electron chi connectivity index (χ4n) is 2.26. The Balaban J connectivity index is 1.92. The van der Waals surface area contributed by atoms with E-state index >= 15 is 0 Å². The fourth-order valence-corrected chi connectivity index (χ4v) is 2.46. The molecule has 1 fully saturated rings. The Hall–Kier alpha value is -0.640. The lowest BCUT2D eigenvalue weighted by Gasteiger charge is -2.15. The molecule has 1 aromatic carbocycles. The zero-order valence-corrected chi connectivity index (χ0v) is 10.4. The number of hydrogen-bond donors (Lipinski definition) is 1. The standard InChI is InChI=1S/C13H17ClFNO/c14-11-1-2-13(15)10(6-11)7-12(16)5-9-3-4-17-8-9/h1-2,6,9,12H,3-5,7-8,16H2. The van der Waals surface area contributed by atoms with Crippen molar-refractivity contribution in [2.75, 3.05) is 13.2 Å². The zero-order valence-electron chi connectivity index (χ0n) is 9.66. The van der Waals surface area contributed by atoms with E-state index < -0.39 is 0 Å². The van der Waals surface area contributed by atoms with Crippen LogP contribution in [0.4, 0.5) is 4.39 Å². The summed E-state index contributed by atoms with van der Waals surface area (Å²) in [5.74, 6) is 0.291. The molecule has 0 aromatic heterocycles. The first-order valence-corrected chi connectivity index (χ1v) is 6.30. The Labute approximate surface area is 106 Å². The molecule has 2 atom stereocenters. The number of benzene rings is 1. The van der Waals surface area contributed by atoms with Crippen LogP contribution in [-0.2, 0) is 11.2 Å². The first-order valence-electron chi connectivity index (χ1n) is 5.92. The van der Waals surface area contributed by atoms with Gasteiger partial charge in [0.2, 0.25) is 0 Å². The molecule has 2 N–H and O–H groups in total. The lowest BCUT2D eigenvalue weighted by Crippen LogP contribution is -2.26. The van der Waals surface area contributed by atoms with Gasteiger partial charge in [0.1, 0.15) is 5.82 Å². The minimum absolute atomic E-state index is 0.0327. The Kier molecular flexibility index (Phi) is 4.37. The molecule has 0 radical (unpaired) electrons. The van der Waals surface area contributed by atoms with Crippen molar-refractivity contribution in [1.29, 1.82) is 0 Å². The summed E-state index contributed by atoms with van der Waals surface area (Å²) in [5, 5.41) is 0.554. The lowest BCUT2D eigenvalue weighted by molar-refractivity contribution is 0.182. The van der Waals surface area contributed by atoms with E-state index in [4.69, 9.17) is 22.1 Å². The van der Waals surface area contributed by atoms with E-state index in [0.29, 0.717) is 22.9 Å². The van der Waals surface area contributed by atoms with Crippen LogP contribution in [-0.4, -0.2) is 19.3 Å². The highest BCUT2D eigenvalue weighted by molar-refractivity contribution is 6.30. The van der Waals surface area contributed by atoms with Crippen LogP contribution in [0.2, 0.25) is 5.02 Å². The number of rotatable bonds is 4. The van der Waals surface area contributed by atoms with E-state index in [0.717, 1.165) is 26.1 Å². The van der Waals surface area contributed by atoms with Gasteiger partial charge in [0, 0.05) is 24.3 Å². The SMILES string of the molecule is NC(Cc1cc(Cl)ccc1F)CC1CCOC1. The fraction of sp³-hybridized carbons (Fsp3) is 0.538. The third kappa shape index (κ3) is 3.66. The van der Waals surface area contributed by atoms with Gasteiger partial charge in [-0.25, -0.2) is 4.39 Å². The van der Waals surface area contributed by atoms with Gasteiger partial charge in [-0.1, -0.05) is 11.6 Å². The largest absolute Gasteiger partial charge is 0.381 e. The second-order valence-electron chi connectivity index (χ2n) is 4.67. The number of hydrogen-bond acceptors (Lipinski definition) is 2. The Morgan fingerprint density at radius 3 is 3.06 bits per heavy atom. The van der Waals surface area contributed by atoms with Crippen molar-refractivity contribution >= 4 is 11.6 Å². The molecule has 0 spiro atoms. The van der Waals surface area contributed by atoms with Crippen LogP contribution in [0.5, 0.6) is 0 Å². The van der Waals surface area contributed by atoms with Crippen molar-refractivity contribution in [3.05, 3.63) is 34.6 Å². The van der Waals surface area contributed by atoms with Crippen molar-refractivity contribution < 1.29 is 9.13 Å². The van der Waals surface area contributed by atoms with Gasteiger partial charge in [-0.05, 0) is 48.9 Å². The number of halogens is 2. The van der Waals surface area contributed by atoms with Crippen LogP contribution in [0.3, 0.4) is 0 Å². The second kappa shape index (κ2) is 5.80. The Bertz CT molecular complexity index is 380. The summed E-state index contributed by atoms with van der Waals surface area (Å²) < 4.78 is 18.8. The number of ether oxygens (including phenoxy) is 1. The van der Waals surface area contributed by atoms with Crippen LogP contribution in [0.1, 0.15) is 18.4 Å². The van der Waals surface area contributed by atoms with E-state index in [2.05, 4.69) is 0 Å². The molecule has 94 valence electrons. The maximum atomic E-state index is 13.5. The Morgan fingerprint density at radius 2 is 2.35 bits per heavy atom. The van der Waals surface area contributed by atoms with Crippen LogP contribution < -0.4 is 5.73 Å². The molecular formula is C13H17ClFNO. The molecule has 1 heterocycles. The molecule has 17 heavy (non-hydrogen) atoms. The van der Waals surface area contributed by atoms with Gasteiger partial charge in [-0.3, -0.25) is 0 Å². The molecule has 0 aliphatic carbocycles. The van der Waals surface area contributed by atoms with Gasteiger partial charge in [0.15, 0.2) is 0 Å². The summed E-state index contributed by atoms with van der Waals surface area (Å²) in [6.45, 7) is 1.61. The molecule has 1 aliphatic heterocycles. The van der Waals surface area contributed by atoms with E-state index in [1.807, 2.05) is 0 Å². The molecule has 2 nitrogen and oxygen atoms in total. The van der Waals surface area contributed by atoms with Crippen LogP contribution in [0, 0.1) is 11.7 Å². The first kappa shape index (κ1) is 12.8. The molecule has 0 bridgehead atoms. The third-order valence-electron chi connectivity index (χ3n) is 3.15. The summed E-state index contributed by atoms with van der Waals surface area (Å²) >= 11 is 5.84. The molecule has 0 amide bonds. The first-order chi connectivity index (χ1) is 8.15. The van der Waals surface area contributed by atoms with E-state index in [-0.39, 0.29) is 11.9 Å². The van der Waals surface area contributed by atoms with Crippen molar-refractivity contribution in [3.63, 3.8) is 0 Å². The quantitative estimate of drug-likeness (QED) is 0.900. The van der Waals surface area contributed by atoms with Crippen molar-refractivity contribution in [2.24, 2.45) is 11.7 Å². The second-order valence-corrected chi connectivity index (χ2v) is 5.10. The summed E-state index contributed by atoms with van der Waals surface area (Å²) in [6.07, 6.45) is 2.47. The average Bonchev–Trinajstić information content (AvgIpc) is 2.76. The minimum Gasteiger partial charge on any atom is -0.381 e. The summed E-state index contributed by atoms with van der Waals surface area (Å²) in [5.41, 5.74) is 6.64. The van der Waals surface area contributed by atoms with Gasteiger partial charge >= 0.3 is 0 Å². The predicted octanol–water partition coefficient (Wildman–Crippen LogP) is 2.78. The summed E-state index contributed by atoms with van der Waals surface area (Å²) in [7, 11) is 0. The smallest absolute Gasteiger partial charge is 0.126 e. The molecular weight excluding hydrogens is 241 g/mol. The normalized spacial score (nSPS) is 21.7. The van der Waals surface area contributed by atoms with E-state index in [1.165, 1.54) is 6.07 Å². The lowest BCUT2D eigenvalue weighted by atomic mass is 9.95. The topological polar surface area (TPSA) is 35.2 Å². The Morgan fingerprint density at radius 1 is 1.53 bits per heavy atom.